The number of carbonyl (C=O) groups excluding carboxylic acids is 3. The number of primary amides is 1. The second-order valence-corrected chi connectivity index (χ2v) is 4.35. The van der Waals surface area contributed by atoms with Gasteiger partial charge in [-0.25, -0.2) is 4.79 Å². The van der Waals surface area contributed by atoms with E-state index in [4.69, 9.17) is 5.73 Å². The number of ether oxygens (including phenoxy) is 1. The first kappa shape index (κ1) is 14.3. The number of carbonyl (C=O) groups is 3. The van der Waals surface area contributed by atoms with Crippen molar-refractivity contribution >= 4 is 17.9 Å². The highest BCUT2D eigenvalue weighted by Gasteiger charge is 2.29. The molecule has 1 heterocycles. The molecule has 3 amide bonds. The quantitative estimate of drug-likeness (QED) is 0.662. The molecule has 1 fully saturated rings. The number of hydrogen-bond acceptors (Lipinski definition) is 4. The fourth-order valence-electron chi connectivity index (χ4n) is 2.05. The van der Waals surface area contributed by atoms with Gasteiger partial charge in [-0.1, -0.05) is 0 Å². The number of nitrogens with one attached hydrogen (secondary N) is 1. The fraction of sp³-hybridized carbons (Fsp3) is 0.727. The van der Waals surface area contributed by atoms with Crippen LogP contribution < -0.4 is 11.1 Å². The zero-order chi connectivity index (χ0) is 13.7. The van der Waals surface area contributed by atoms with Gasteiger partial charge in [0.2, 0.25) is 5.91 Å². The van der Waals surface area contributed by atoms with Crippen LogP contribution in [-0.2, 0) is 14.3 Å². The van der Waals surface area contributed by atoms with Crippen LogP contribution in [0, 0.1) is 5.92 Å². The first-order valence-electron chi connectivity index (χ1n) is 5.88. The van der Waals surface area contributed by atoms with Gasteiger partial charge in [0.15, 0.2) is 0 Å². The van der Waals surface area contributed by atoms with E-state index in [9.17, 15) is 14.4 Å². The predicted octanol–water partition coefficient (Wildman–Crippen LogP) is -0.545. The van der Waals surface area contributed by atoms with Gasteiger partial charge < -0.3 is 20.7 Å². The van der Waals surface area contributed by atoms with Crippen molar-refractivity contribution < 1.29 is 19.1 Å². The van der Waals surface area contributed by atoms with Crippen molar-refractivity contribution in [3.8, 4) is 0 Å². The maximum Gasteiger partial charge on any atom is 0.312 e. The molecule has 1 atom stereocenters. The van der Waals surface area contributed by atoms with E-state index in [1.165, 1.54) is 7.11 Å². The fourth-order valence-corrected chi connectivity index (χ4v) is 2.05. The van der Waals surface area contributed by atoms with E-state index < -0.39 is 12.1 Å². The van der Waals surface area contributed by atoms with Crippen molar-refractivity contribution in [3.63, 3.8) is 0 Å². The Morgan fingerprint density at radius 2 is 1.89 bits per heavy atom. The van der Waals surface area contributed by atoms with Gasteiger partial charge in [-0.05, 0) is 19.8 Å². The van der Waals surface area contributed by atoms with Crippen molar-refractivity contribution in [3.05, 3.63) is 0 Å². The van der Waals surface area contributed by atoms with E-state index in [2.05, 4.69) is 10.1 Å². The lowest BCUT2D eigenvalue weighted by atomic mass is 9.96. The predicted molar refractivity (Wildman–Crippen MR) is 63.5 cm³/mol. The Labute approximate surface area is 106 Å². The van der Waals surface area contributed by atoms with E-state index >= 15 is 0 Å². The van der Waals surface area contributed by atoms with Crippen molar-refractivity contribution in [1.29, 1.82) is 0 Å². The molecule has 0 aliphatic carbocycles. The van der Waals surface area contributed by atoms with Crippen LogP contribution in [0.15, 0.2) is 0 Å². The molecule has 1 unspecified atom stereocenters. The molecular formula is C11H19N3O4. The molecule has 3 N–H and O–H groups in total. The number of likely N-dealkylation sites (tertiary alicyclic amines) is 1. The molecule has 0 spiro atoms. The lowest BCUT2D eigenvalue weighted by molar-refractivity contribution is -0.149. The van der Waals surface area contributed by atoms with Crippen LogP contribution in [0.3, 0.4) is 0 Å². The largest absolute Gasteiger partial charge is 0.469 e. The smallest absolute Gasteiger partial charge is 0.312 e. The zero-order valence-corrected chi connectivity index (χ0v) is 10.6. The van der Waals surface area contributed by atoms with E-state index in [0.717, 1.165) is 0 Å². The SMILES string of the molecule is COC(=O)C1CCN(C(=O)C(C)NC(N)=O)CC1. The summed E-state index contributed by atoms with van der Waals surface area (Å²) in [6.07, 6.45) is 1.17. The van der Waals surface area contributed by atoms with Gasteiger partial charge in [-0.2, -0.15) is 0 Å². The van der Waals surface area contributed by atoms with E-state index in [0.29, 0.717) is 25.9 Å². The molecule has 1 rings (SSSR count). The summed E-state index contributed by atoms with van der Waals surface area (Å²) in [7, 11) is 1.36. The second-order valence-electron chi connectivity index (χ2n) is 4.35. The Morgan fingerprint density at radius 3 is 2.33 bits per heavy atom. The molecule has 0 saturated carbocycles. The first-order valence-corrected chi connectivity index (χ1v) is 5.88. The summed E-state index contributed by atoms with van der Waals surface area (Å²) >= 11 is 0. The number of nitrogens with two attached hydrogens (primary N) is 1. The minimum atomic E-state index is -0.722. The average Bonchev–Trinajstić information content (AvgIpc) is 2.36. The van der Waals surface area contributed by atoms with Crippen LogP contribution in [-0.4, -0.2) is 49.0 Å². The number of rotatable bonds is 3. The molecule has 1 saturated heterocycles. The van der Waals surface area contributed by atoms with Crippen LogP contribution in [0.2, 0.25) is 0 Å². The molecule has 1 aliphatic rings. The van der Waals surface area contributed by atoms with Crippen LogP contribution in [0.1, 0.15) is 19.8 Å². The summed E-state index contributed by atoms with van der Waals surface area (Å²) in [5.41, 5.74) is 4.96. The average molecular weight is 257 g/mol. The van der Waals surface area contributed by atoms with Crippen LogP contribution in [0.25, 0.3) is 0 Å². The van der Waals surface area contributed by atoms with Crippen LogP contribution in [0.5, 0.6) is 0 Å². The number of methoxy groups -OCH3 is 1. The van der Waals surface area contributed by atoms with Gasteiger partial charge in [0.05, 0.1) is 13.0 Å². The molecule has 0 bridgehead atoms. The van der Waals surface area contributed by atoms with Gasteiger partial charge in [-0.3, -0.25) is 9.59 Å². The third-order valence-corrected chi connectivity index (χ3v) is 3.07. The standard InChI is InChI=1S/C11H19N3O4/c1-7(13-11(12)17)9(15)14-5-3-8(4-6-14)10(16)18-2/h7-8H,3-6H2,1-2H3,(H3,12,13,17). The highest BCUT2D eigenvalue weighted by molar-refractivity contribution is 5.86. The lowest BCUT2D eigenvalue weighted by Gasteiger charge is -2.32. The van der Waals surface area contributed by atoms with Crippen molar-refractivity contribution in [2.45, 2.75) is 25.8 Å². The molecule has 7 heteroatoms. The number of hydrogen-bond donors (Lipinski definition) is 2. The van der Waals surface area contributed by atoms with E-state index in [1.54, 1.807) is 11.8 Å². The molecule has 18 heavy (non-hydrogen) atoms. The Kier molecular flexibility index (Phi) is 4.94. The second kappa shape index (κ2) is 6.23. The van der Waals surface area contributed by atoms with Crippen LogP contribution in [0.4, 0.5) is 4.79 Å². The number of nitrogens with zero attached hydrogens (tertiary/aromatic N) is 1. The minimum absolute atomic E-state index is 0.140. The summed E-state index contributed by atoms with van der Waals surface area (Å²) in [6, 6.07) is -1.36. The number of esters is 1. The Hall–Kier alpha value is -1.79. The zero-order valence-electron chi connectivity index (χ0n) is 10.6. The van der Waals surface area contributed by atoms with Gasteiger partial charge >= 0.3 is 12.0 Å². The molecular weight excluding hydrogens is 238 g/mol. The van der Waals surface area contributed by atoms with E-state index in [1.807, 2.05) is 0 Å². The normalized spacial score (nSPS) is 18.0. The molecule has 1 aliphatic heterocycles. The monoisotopic (exact) mass is 257 g/mol. The summed E-state index contributed by atoms with van der Waals surface area (Å²) < 4.78 is 4.67. The Bertz CT molecular complexity index is 337. The molecule has 102 valence electrons. The van der Waals surface area contributed by atoms with Gasteiger partial charge in [-0.15, -0.1) is 0 Å². The molecule has 7 nitrogen and oxygen atoms in total. The lowest BCUT2D eigenvalue weighted by Crippen LogP contribution is -2.51. The topological polar surface area (TPSA) is 102 Å². The summed E-state index contributed by atoms with van der Waals surface area (Å²) in [6.45, 7) is 2.56. The molecule has 0 aromatic carbocycles. The van der Waals surface area contributed by atoms with Crippen molar-refractivity contribution in [1.82, 2.24) is 10.2 Å². The summed E-state index contributed by atoms with van der Waals surface area (Å²) in [4.78, 5) is 35.5. The molecule has 0 aromatic rings. The summed E-state index contributed by atoms with van der Waals surface area (Å²) in [5, 5.41) is 2.34. The minimum Gasteiger partial charge on any atom is -0.469 e. The Morgan fingerprint density at radius 1 is 1.33 bits per heavy atom. The highest BCUT2D eigenvalue weighted by Crippen LogP contribution is 2.18. The van der Waals surface area contributed by atoms with Crippen molar-refractivity contribution in [2.24, 2.45) is 11.7 Å². The third kappa shape index (κ3) is 3.61. The summed E-state index contributed by atoms with van der Waals surface area (Å²) in [5.74, 6) is -0.555. The maximum absolute atomic E-state index is 11.9. The third-order valence-electron chi connectivity index (χ3n) is 3.07. The molecule has 0 aromatic heterocycles. The first-order chi connectivity index (χ1) is 8.45. The van der Waals surface area contributed by atoms with Gasteiger partial charge in [0.25, 0.3) is 0 Å². The van der Waals surface area contributed by atoms with Gasteiger partial charge in [0.1, 0.15) is 6.04 Å². The van der Waals surface area contributed by atoms with Gasteiger partial charge in [0, 0.05) is 13.1 Å². The van der Waals surface area contributed by atoms with Crippen LogP contribution >= 0.6 is 0 Å². The number of urea groups is 1. The molecule has 0 radical (unpaired) electrons. The number of piperidine rings is 1. The maximum atomic E-state index is 11.9. The van der Waals surface area contributed by atoms with Crippen molar-refractivity contribution in [2.75, 3.05) is 20.2 Å². The Balaban J connectivity index is 2.45. The number of amides is 3. The van der Waals surface area contributed by atoms with E-state index in [-0.39, 0.29) is 17.8 Å². The highest BCUT2D eigenvalue weighted by atomic mass is 16.5.